The molecule has 0 aliphatic rings. The van der Waals surface area contributed by atoms with Crippen molar-refractivity contribution in [3.8, 4) is 0 Å². The maximum Gasteiger partial charge on any atom is 0.274 e. The summed E-state index contributed by atoms with van der Waals surface area (Å²) in [6.45, 7) is 5.49. The van der Waals surface area contributed by atoms with Gasteiger partial charge >= 0.3 is 0 Å². The molecule has 0 unspecified atom stereocenters. The van der Waals surface area contributed by atoms with Gasteiger partial charge in [0, 0.05) is 6.54 Å². The highest BCUT2D eigenvalue weighted by molar-refractivity contribution is 7.89. The molecule has 21 heavy (non-hydrogen) atoms. The molecule has 114 valence electrons. The van der Waals surface area contributed by atoms with E-state index in [4.69, 9.17) is 4.42 Å². The van der Waals surface area contributed by atoms with E-state index in [0.717, 1.165) is 17.7 Å². The second-order valence-corrected chi connectivity index (χ2v) is 6.45. The number of sulfonamides is 1. The Morgan fingerprint density at radius 1 is 1.10 bits per heavy atom. The average Bonchev–Trinajstić information content (AvgIpc) is 2.94. The summed E-state index contributed by atoms with van der Waals surface area (Å²) in [5.41, 5.74) is 1.99. The molecule has 1 heterocycles. The van der Waals surface area contributed by atoms with Crippen LogP contribution in [0.15, 0.2) is 45.9 Å². The Balaban J connectivity index is 2.05. The Morgan fingerprint density at radius 2 is 1.86 bits per heavy atom. The van der Waals surface area contributed by atoms with Crippen molar-refractivity contribution in [3.05, 3.63) is 53.3 Å². The highest BCUT2D eigenvalue weighted by atomic mass is 32.2. The fraction of sp³-hybridized carbons (Fsp3) is 0.333. The maximum absolute atomic E-state index is 12.2. The van der Waals surface area contributed by atoms with Crippen molar-refractivity contribution in [3.63, 3.8) is 0 Å². The van der Waals surface area contributed by atoms with Gasteiger partial charge in [-0.3, -0.25) is 0 Å². The topological polar surface area (TPSA) is 71.3 Å². The molecular formula is C15H20N2O3S. The minimum absolute atomic E-state index is 0.0519. The van der Waals surface area contributed by atoms with Gasteiger partial charge in [-0.1, -0.05) is 31.2 Å². The average molecular weight is 308 g/mol. The van der Waals surface area contributed by atoms with E-state index in [-0.39, 0.29) is 11.6 Å². The van der Waals surface area contributed by atoms with Gasteiger partial charge in [0.2, 0.25) is 5.09 Å². The normalized spacial score (nSPS) is 11.7. The number of furan rings is 1. The summed E-state index contributed by atoms with van der Waals surface area (Å²) >= 11 is 0. The fourth-order valence-electron chi connectivity index (χ4n) is 1.90. The Labute approximate surface area is 125 Å². The van der Waals surface area contributed by atoms with Gasteiger partial charge in [0.25, 0.3) is 10.0 Å². The zero-order valence-electron chi connectivity index (χ0n) is 12.2. The van der Waals surface area contributed by atoms with Crippen molar-refractivity contribution < 1.29 is 12.8 Å². The lowest BCUT2D eigenvalue weighted by Crippen LogP contribution is -2.23. The zero-order valence-corrected chi connectivity index (χ0v) is 13.0. The summed E-state index contributed by atoms with van der Waals surface area (Å²) in [7, 11) is -3.62. The Bertz CT molecular complexity index is 692. The first-order chi connectivity index (χ1) is 10.0. The molecule has 0 radical (unpaired) electrons. The van der Waals surface area contributed by atoms with Crippen LogP contribution in [0.4, 0.5) is 0 Å². The molecule has 1 aromatic heterocycles. The van der Waals surface area contributed by atoms with E-state index in [1.807, 2.05) is 38.1 Å². The van der Waals surface area contributed by atoms with Crippen LogP contribution >= 0.6 is 0 Å². The van der Waals surface area contributed by atoms with Crippen LogP contribution in [-0.4, -0.2) is 15.0 Å². The lowest BCUT2D eigenvalue weighted by atomic mass is 10.1. The second-order valence-electron chi connectivity index (χ2n) is 4.75. The molecule has 2 rings (SSSR count). The van der Waals surface area contributed by atoms with Crippen molar-refractivity contribution in [1.82, 2.24) is 10.0 Å². The first-order valence-electron chi connectivity index (χ1n) is 6.86. The molecule has 0 aliphatic carbocycles. The number of hydrogen-bond donors (Lipinski definition) is 2. The standard InChI is InChI=1S/C15H20N2O3S/c1-3-16-11-14-8-9-15(20-14)21(18,19)17-10-13-7-5-4-6-12(13)2/h4-9,16-17H,3,10-11H2,1-2H3. The van der Waals surface area contributed by atoms with Crippen LogP contribution in [0, 0.1) is 6.92 Å². The van der Waals surface area contributed by atoms with Gasteiger partial charge in [-0.2, -0.15) is 0 Å². The molecule has 0 spiro atoms. The zero-order chi connectivity index (χ0) is 15.3. The van der Waals surface area contributed by atoms with E-state index in [9.17, 15) is 8.42 Å². The predicted octanol–water partition coefficient (Wildman–Crippen LogP) is 2.18. The first kappa shape index (κ1) is 15.8. The summed E-state index contributed by atoms with van der Waals surface area (Å²) in [6, 6.07) is 10.8. The largest absolute Gasteiger partial charge is 0.447 e. The van der Waals surface area contributed by atoms with Gasteiger partial charge in [0.1, 0.15) is 5.76 Å². The third kappa shape index (κ3) is 4.17. The van der Waals surface area contributed by atoms with Crippen LogP contribution in [0.3, 0.4) is 0 Å². The number of benzene rings is 1. The lowest BCUT2D eigenvalue weighted by Gasteiger charge is -2.07. The molecule has 0 fully saturated rings. The van der Waals surface area contributed by atoms with Crippen molar-refractivity contribution in [1.29, 1.82) is 0 Å². The van der Waals surface area contributed by atoms with E-state index < -0.39 is 10.0 Å². The molecule has 2 N–H and O–H groups in total. The minimum Gasteiger partial charge on any atom is -0.447 e. The minimum atomic E-state index is -3.62. The number of hydrogen-bond acceptors (Lipinski definition) is 4. The molecule has 0 bridgehead atoms. The SMILES string of the molecule is CCNCc1ccc(S(=O)(=O)NCc2ccccc2C)o1. The van der Waals surface area contributed by atoms with E-state index in [1.54, 1.807) is 6.07 Å². The molecule has 2 aromatic rings. The van der Waals surface area contributed by atoms with Crippen molar-refractivity contribution >= 4 is 10.0 Å². The number of nitrogens with one attached hydrogen (secondary N) is 2. The van der Waals surface area contributed by atoms with E-state index in [2.05, 4.69) is 10.0 Å². The van der Waals surface area contributed by atoms with Crippen molar-refractivity contribution in [2.24, 2.45) is 0 Å². The maximum atomic E-state index is 12.2. The van der Waals surface area contributed by atoms with Crippen LogP contribution in [0.1, 0.15) is 23.8 Å². The van der Waals surface area contributed by atoms with E-state index >= 15 is 0 Å². The molecule has 0 amide bonds. The molecule has 1 aromatic carbocycles. The van der Waals surface area contributed by atoms with Gasteiger partial charge in [0.15, 0.2) is 0 Å². The summed E-state index contributed by atoms with van der Waals surface area (Å²) in [4.78, 5) is 0. The van der Waals surface area contributed by atoms with Gasteiger partial charge in [0.05, 0.1) is 6.54 Å². The van der Waals surface area contributed by atoms with Crippen LogP contribution in [0.25, 0.3) is 0 Å². The number of rotatable bonds is 7. The Hall–Kier alpha value is -1.63. The van der Waals surface area contributed by atoms with Crippen molar-refractivity contribution in [2.45, 2.75) is 32.0 Å². The second kappa shape index (κ2) is 6.89. The van der Waals surface area contributed by atoms with Gasteiger partial charge in [-0.05, 0) is 36.7 Å². The van der Waals surface area contributed by atoms with Gasteiger partial charge in [-0.15, -0.1) is 0 Å². The Morgan fingerprint density at radius 3 is 2.57 bits per heavy atom. The molecular weight excluding hydrogens is 288 g/mol. The summed E-state index contributed by atoms with van der Waals surface area (Å²) in [5.74, 6) is 0.605. The van der Waals surface area contributed by atoms with E-state index in [1.165, 1.54) is 6.07 Å². The monoisotopic (exact) mass is 308 g/mol. The summed E-state index contributed by atoms with van der Waals surface area (Å²) < 4.78 is 32.3. The van der Waals surface area contributed by atoms with E-state index in [0.29, 0.717) is 12.3 Å². The molecule has 0 aliphatic heterocycles. The molecule has 0 saturated carbocycles. The quantitative estimate of drug-likeness (QED) is 0.822. The smallest absolute Gasteiger partial charge is 0.274 e. The van der Waals surface area contributed by atoms with Crippen LogP contribution in [0.2, 0.25) is 0 Å². The molecule has 0 atom stereocenters. The third-order valence-corrected chi connectivity index (χ3v) is 4.44. The first-order valence-corrected chi connectivity index (χ1v) is 8.35. The van der Waals surface area contributed by atoms with Gasteiger partial charge in [-0.25, -0.2) is 13.1 Å². The molecule has 5 nitrogen and oxygen atoms in total. The van der Waals surface area contributed by atoms with Gasteiger partial charge < -0.3 is 9.73 Å². The molecule has 0 saturated heterocycles. The fourth-order valence-corrected chi connectivity index (χ4v) is 2.85. The lowest BCUT2D eigenvalue weighted by molar-refractivity contribution is 0.401. The molecule has 6 heteroatoms. The predicted molar refractivity (Wildman–Crippen MR) is 81.3 cm³/mol. The summed E-state index contributed by atoms with van der Waals surface area (Å²) in [5, 5.41) is 3.03. The Kier molecular flexibility index (Phi) is 5.17. The van der Waals surface area contributed by atoms with Crippen molar-refractivity contribution in [2.75, 3.05) is 6.54 Å². The van der Waals surface area contributed by atoms with Crippen LogP contribution in [-0.2, 0) is 23.1 Å². The van der Waals surface area contributed by atoms with Crippen LogP contribution < -0.4 is 10.0 Å². The summed E-state index contributed by atoms with van der Waals surface area (Å²) in [6.07, 6.45) is 0. The third-order valence-electron chi connectivity index (χ3n) is 3.16. The highest BCUT2D eigenvalue weighted by Gasteiger charge is 2.18. The highest BCUT2D eigenvalue weighted by Crippen LogP contribution is 2.15. The van der Waals surface area contributed by atoms with Crippen LogP contribution in [0.5, 0.6) is 0 Å². The number of aryl methyl sites for hydroxylation is 1.